The van der Waals surface area contributed by atoms with Crippen LogP contribution in [-0.2, 0) is 12.8 Å². The highest BCUT2D eigenvalue weighted by molar-refractivity contribution is 5.44. The van der Waals surface area contributed by atoms with Gasteiger partial charge in [0, 0.05) is 23.6 Å². The zero-order valence-corrected chi connectivity index (χ0v) is 9.82. The van der Waals surface area contributed by atoms with Gasteiger partial charge in [0.15, 0.2) is 0 Å². The van der Waals surface area contributed by atoms with Crippen LogP contribution < -0.4 is 10.5 Å². The zero-order valence-electron chi connectivity index (χ0n) is 9.82. The van der Waals surface area contributed by atoms with Gasteiger partial charge in [0.1, 0.15) is 12.4 Å². The van der Waals surface area contributed by atoms with Crippen LogP contribution in [0.4, 0.5) is 18.9 Å². The lowest BCUT2D eigenvalue weighted by Gasteiger charge is -2.14. The molecule has 6 heteroatoms. The van der Waals surface area contributed by atoms with Crippen molar-refractivity contribution in [2.75, 3.05) is 5.73 Å². The van der Waals surface area contributed by atoms with Crippen LogP contribution in [-0.4, -0.2) is 4.98 Å². The Labute approximate surface area is 107 Å². The molecule has 0 amide bonds. The standard InChI is InChI=1S/C13H11F3N2O/c14-13(15,16)10-3-1-2-4-12(10)19-8-9-7-18-6-5-11(9)17/h1-7H,8H2,(H2,17,18). The van der Waals surface area contributed by atoms with E-state index in [4.69, 9.17) is 10.5 Å². The van der Waals surface area contributed by atoms with Crippen molar-refractivity contribution < 1.29 is 17.9 Å². The second kappa shape index (κ2) is 5.17. The number of aromatic nitrogens is 1. The van der Waals surface area contributed by atoms with Crippen molar-refractivity contribution >= 4 is 5.69 Å². The Hall–Kier alpha value is -2.24. The number of anilines is 1. The van der Waals surface area contributed by atoms with Crippen LogP contribution in [0.3, 0.4) is 0 Å². The van der Waals surface area contributed by atoms with Gasteiger partial charge in [-0.2, -0.15) is 13.2 Å². The molecule has 100 valence electrons. The molecular weight excluding hydrogens is 257 g/mol. The fourth-order valence-corrected chi connectivity index (χ4v) is 1.54. The van der Waals surface area contributed by atoms with Crippen molar-refractivity contribution in [1.82, 2.24) is 4.98 Å². The highest BCUT2D eigenvalue weighted by atomic mass is 19.4. The Morgan fingerprint density at radius 1 is 1.16 bits per heavy atom. The minimum absolute atomic E-state index is 0.0627. The Morgan fingerprint density at radius 3 is 2.58 bits per heavy atom. The van der Waals surface area contributed by atoms with Gasteiger partial charge < -0.3 is 10.5 Å². The number of rotatable bonds is 3. The van der Waals surface area contributed by atoms with Crippen molar-refractivity contribution in [3.63, 3.8) is 0 Å². The molecule has 0 bridgehead atoms. The molecule has 0 aliphatic heterocycles. The Balaban J connectivity index is 2.19. The third-order valence-corrected chi connectivity index (χ3v) is 2.52. The first-order valence-electron chi connectivity index (χ1n) is 5.46. The molecule has 19 heavy (non-hydrogen) atoms. The van der Waals surface area contributed by atoms with Gasteiger partial charge in [0.2, 0.25) is 0 Å². The van der Waals surface area contributed by atoms with Gasteiger partial charge in [0.05, 0.1) is 5.56 Å². The van der Waals surface area contributed by atoms with Crippen molar-refractivity contribution in [1.29, 1.82) is 0 Å². The molecule has 0 spiro atoms. The largest absolute Gasteiger partial charge is 0.488 e. The number of para-hydroxylation sites is 1. The van der Waals surface area contributed by atoms with Gasteiger partial charge in [-0.3, -0.25) is 4.98 Å². The Kier molecular flexibility index (Phi) is 3.59. The maximum absolute atomic E-state index is 12.7. The van der Waals surface area contributed by atoms with Crippen molar-refractivity contribution in [2.45, 2.75) is 12.8 Å². The smallest absolute Gasteiger partial charge is 0.419 e. The van der Waals surface area contributed by atoms with E-state index in [0.29, 0.717) is 11.3 Å². The molecule has 2 rings (SSSR count). The van der Waals surface area contributed by atoms with Gasteiger partial charge in [-0.1, -0.05) is 12.1 Å². The average Bonchev–Trinajstić information content (AvgIpc) is 2.37. The van der Waals surface area contributed by atoms with E-state index in [-0.39, 0.29) is 12.4 Å². The van der Waals surface area contributed by atoms with E-state index in [1.165, 1.54) is 30.6 Å². The molecule has 0 saturated carbocycles. The van der Waals surface area contributed by atoms with Gasteiger partial charge in [0.25, 0.3) is 0 Å². The van der Waals surface area contributed by atoms with E-state index >= 15 is 0 Å². The minimum atomic E-state index is -4.45. The van der Waals surface area contributed by atoms with Gasteiger partial charge in [-0.05, 0) is 18.2 Å². The zero-order chi connectivity index (χ0) is 13.9. The third-order valence-electron chi connectivity index (χ3n) is 2.52. The number of pyridine rings is 1. The first kappa shape index (κ1) is 13.2. The lowest BCUT2D eigenvalue weighted by Crippen LogP contribution is -2.09. The Morgan fingerprint density at radius 2 is 1.89 bits per heavy atom. The first-order chi connectivity index (χ1) is 8.98. The van der Waals surface area contributed by atoms with Gasteiger partial charge in [-0.15, -0.1) is 0 Å². The molecule has 0 saturated heterocycles. The maximum Gasteiger partial charge on any atom is 0.419 e. The predicted molar refractivity (Wildman–Crippen MR) is 64.4 cm³/mol. The average molecular weight is 268 g/mol. The number of alkyl halides is 3. The normalized spacial score (nSPS) is 11.3. The van der Waals surface area contributed by atoms with E-state index in [9.17, 15) is 13.2 Å². The van der Waals surface area contributed by atoms with Crippen LogP contribution in [0.25, 0.3) is 0 Å². The minimum Gasteiger partial charge on any atom is -0.488 e. The molecule has 0 atom stereocenters. The summed E-state index contributed by atoms with van der Waals surface area (Å²) in [5, 5.41) is 0. The molecule has 0 unspecified atom stereocenters. The fraction of sp³-hybridized carbons (Fsp3) is 0.154. The number of nitrogen functional groups attached to an aromatic ring is 1. The summed E-state index contributed by atoms with van der Waals surface area (Å²) in [5.41, 5.74) is 5.83. The summed E-state index contributed by atoms with van der Waals surface area (Å²) in [6.45, 7) is -0.0627. The van der Waals surface area contributed by atoms with E-state index in [1.807, 2.05) is 0 Å². The summed E-state index contributed by atoms with van der Waals surface area (Å²) in [7, 11) is 0. The number of hydrogen-bond acceptors (Lipinski definition) is 3. The fourth-order valence-electron chi connectivity index (χ4n) is 1.54. The summed E-state index contributed by atoms with van der Waals surface area (Å²) < 4.78 is 43.4. The number of halogens is 3. The quantitative estimate of drug-likeness (QED) is 0.929. The monoisotopic (exact) mass is 268 g/mol. The van der Waals surface area contributed by atoms with Crippen LogP contribution >= 0.6 is 0 Å². The lowest BCUT2D eigenvalue weighted by molar-refractivity contribution is -0.139. The molecule has 1 heterocycles. The van der Waals surface area contributed by atoms with Crippen LogP contribution in [0.5, 0.6) is 5.75 Å². The molecule has 0 fully saturated rings. The molecule has 1 aromatic heterocycles. The molecule has 0 radical (unpaired) electrons. The summed E-state index contributed by atoms with van der Waals surface area (Å²) >= 11 is 0. The van der Waals surface area contributed by atoms with E-state index in [0.717, 1.165) is 6.07 Å². The second-order valence-electron chi connectivity index (χ2n) is 3.86. The van der Waals surface area contributed by atoms with Crippen molar-refractivity contribution in [3.05, 3.63) is 53.9 Å². The first-order valence-corrected chi connectivity index (χ1v) is 5.46. The highest BCUT2D eigenvalue weighted by Crippen LogP contribution is 2.36. The topological polar surface area (TPSA) is 48.1 Å². The van der Waals surface area contributed by atoms with Gasteiger partial charge in [-0.25, -0.2) is 0 Å². The van der Waals surface area contributed by atoms with E-state index < -0.39 is 11.7 Å². The lowest BCUT2D eigenvalue weighted by atomic mass is 10.2. The second-order valence-corrected chi connectivity index (χ2v) is 3.86. The number of nitrogens with zero attached hydrogens (tertiary/aromatic N) is 1. The molecule has 0 aliphatic carbocycles. The number of hydrogen-bond donors (Lipinski definition) is 1. The molecule has 3 nitrogen and oxygen atoms in total. The van der Waals surface area contributed by atoms with Crippen LogP contribution in [0.2, 0.25) is 0 Å². The van der Waals surface area contributed by atoms with Gasteiger partial charge >= 0.3 is 6.18 Å². The van der Waals surface area contributed by atoms with E-state index in [2.05, 4.69) is 4.98 Å². The number of ether oxygens (including phenoxy) is 1. The Bertz CT molecular complexity index is 570. The third kappa shape index (κ3) is 3.15. The molecular formula is C13H11F3N2O. The number of nitrogens with two attached hydrogens (primary N) is 1. The summed E-state index contributed by atoms with van der Waals surface area (Å²) in [6, 6.07) is 6.61. The number of benzene rings is 1. The summed E-state index contributed by atoms with van der Waals surface area (Å²) in [5.74, 6) is -0.224. The molecule has 1 aromatic carbocycles. The van der Waals surface area contributed by atoms with Crippen LogP contribution in [0.1, 0.15) is 11.1 Å². The van der Waals surface area contributed by atoms with Crippen molar-refractivity contribution in [2.24, 2.45) is 0 Å². The molecule has 2 aromatic rings. The maximum atomic E-state index is 12.7. The van der Waals surface area contributed by atoms with Crippen LogP contribution in [0.15, 0.2) is 42.7 Å². The highest BCUT2D eigenvalue weighted by Gasteiger charge is 2.33. The molecule has 0 aliphatic rings. The summed E-state index contributed by atoms with van der Waals surface area (Å²) in [4.78, 5) is 3.85. The molecule has 2 N–H and O–H groups in total. The van der Waals surface area contributed by atoms with E-state index in [1.54, 1.807) is 6.07 Å². The predicted octanol–water partition coefficient (Wildman–Crippen LogP) is 3.26. The SMILES string of the molecule is Nc1ccncc1COc1ccccc1C(F)(F)F. The van der Waals surface area contributed by atoms with Crippen LogP contribution in [0, 0.1) is 0 Å². The summed E-state index contributed by atoms with van der Waals surface area (Å²) in [6.07, 6.45) is -1.48. The van der Waals surface area contributed by atoms with Crippen molar-refractivity contribution in [3.8, 4) is 5.75 Å².